The summed E-state index contributed by atoms with van der Waals surface area (Å²) in [7, 11) is 0. The highest BCUT2D eigenvalue weighted by atomic mass is 32.2. The van der Waals surface area contributed by atoms with Crippen LogP contribution in [0.4, 0.5) is 4.79 Å². The maximum absolute atomic E-state index is 12.5. The summed E-state index contributed by atoms with van der Waals surface area (Å²) in [6.07, 6.45) is 1.97. The maximum atomic E-state index is 12.5. The quantitative estimate of drug-likeness (QED) is 0.396. The van der Waals surface area contributed by atoms with Crippen LogP contribution < -0.4 is 10.7 Å². The molecule has 1 aliphatic rings. The number of furan rings is 1. The average Bonchev–Trinajstić information content (AvgIpc) is 3.50. The Morgan fingerprint density at radius 3 is 2.62 bits per heavy atom. The smallest absolute Gasteiger partial charge is 0.344 e. The van der Waals surface area contributed by atoms with Gasteiger partial charge in [-0.15, -0.1) is 10.2 Å². The van der Waals surface area contributed by atoms with Crippen molar-refractivity contribution < 1.29 is 18.8 Å². The first-order valence-electron chi connectivity index (χ1n) is 10.0. The molecule has 3 heterocycles. The number of amides is 4. The third kappa shape index (κ3) is 4.24. The highest BCUT2D eigenvalue weighted by molar-refractivity contribution is 7.99. The Labute approximate surface area is 188 Å². The number of carbonyl (C=O) groups is 3. The third-order valence-electron chi connectivity index (χ3n) is 5.18. The van der Waals surface area contributed by atoms with Crippen LogP contribution >= 0.6 is 11.8 Å². The Hall–Kier alpha value is -3.60. The summed E-state index contributed by atoms with van der Waals surface area (Å²) in [5.41, 5.74) is 2.39. The number of hydrogen-bond donors (Lipinski definition) is 2. The summed E-state index contributed by atoms with van der Waals surface area (Å²) < 4.78 is 7.33. The molecular weight excluding hydrogens is 432 g/mol. The predicted octanol–water partition coefficient (Wildman–Crippen LogP) is 2.43. The zero-order chi connectivity index (χ0) is 22.7. The number of thioether (sulfide) groups is 1. The van der Waals surface area contributed by atoms with E-state index in [1.807, 2.05) is 34.9 Å². The molecule has 1 aliphatic heterocycles. The fourth-order valence-corrected chi connectivity index (χ4v) is 3.93. The number of nitrogens with one attached hydrogen (secondary N) is 2. The van der Waals surface area contributed by atoms with Crippen LogP contribution in [0.2, 0.25) is 0 Å². The van der Waals surface area contributed by atoms with Crippen LogP contribution in [-0.4, -0.2) is 48.9 Å². The number of hydrogen-bond acceptors (Lipinski definition) is 7. The largest absolute Gasteiger partial charge is 0.461 e. The van der Waals surface area contributed by atoms with Gasteiger partial charge in [-0.2, -0.15) is 5.01 Å². The Morgan fingerprint density at radius 2 is 1.97 bits per heavy atom. The number of benzene rings is 1. The van der Waals surface area contributed by atoms with Gasteiger partial charge in [-0.1, -0.05) is 49.0 Å². The van der Waals surface area contributed by atoms with Crippen LogP contribution in [0.5, 0.6) is 0 Å². The van der Waals surface area contributed by atoms with Crippen LogP contribution in [0.1, 0.15) is 25.8 Å². The molecule has 3 aromatic rings. The molecule has 10 nitrogen and oxygen atoms in total. The monoisotopic (exact) mass is 454 g/mol. The van der Waals surface area contributed by atoms with Gasteiger partial charge in [0.25, 0.3) is 5.91 Å². The number of carbonyl (C=O) groups excluding carboxylic acids is 3. The van der Waals surface area contributed by atoms with E-state index in [0.29, 0.717) is 29.7 Å². The molecule has 2 N–H and O–H groups in total. The lowest BCUT2D eigenvalue weighted by Crippen LogP contribution is -2.49. The normalized spacial score (nSPS) is 18.1. The minimum Gasteiger partial charge on any atom is -0.461 e. The van der Waals surface area contributed by atoms with E-state index >= 15 is 0 Å². The number of urea groups is 1. The summed E-state index contributed by atoms with van der Waals surface area (Å²) in [6, 6.07) is 12.7. The Balaban J connectivity index is 1.48. The molecule has 11 heteroatoms. The number of nitrogens with zero attached hydrogens (tertiary/aromatic N) is 4. The molecule has 0 radical (unpaired) electrons. The lowest BCUT2D eigenvalue weighted by molar-refractivity contribution is -0.137. The first-order chi connectivity index (χ1) is 15.4. The van der Waals surface area contributed by atoms with Gasteiger partial charge in [0.2, 0.25) is 11.7 Å². The van der Waals surface area contributed by atoms with Crippen molar-refractivity contribution >= 4 is 29.6 Å². The van der Waals surface area contributed by atoms with Gasteiger partial charge in [0.15, 0.2) is 10.9 Å². The molecule has 4 rings (SSSR count). The number of rotatable bonds is 8. The molecule has 0 aliphatic carbocycles. The standard InChI is InChI=1S/C21H22N6O4S/c1-3-21(2)18(29)27(19(30)22-21)25-16(28)13-32-20-24-23-17(15-10-7-11-31-15)26(20)12-14-8-5-4-6-9-14/h4-11H,3,12-13H2,1-2H3,(H,22,30)(H,25,28)/t21-/m1/s1. The Morgan fingerprint density at radius 1 is 1.19 bits per heavy atom. The van der Waals surface area contributed by atoms with Crippen LogP contribution in [0.25, 0.3) is 11.6 Å². The second-order valence-electron chi connectivity index (χ2n) is 7.44. The van der Waals surface area contributed by atoms with E-state index in [-0.39, 0.29) is 5.75 Å². The van der Waals surface area contributed by atoms with Crippen molar-refractivity contribution in [1.29, 1.82) is 0 Å². The maximum Gasteiger partial charge on any atom is 0.344 e. The lowest BCUT2D eigenvalue weighted by Gasteiger charge is -2.19. The van der Waals surface area contributed by atoms with Crippen LogP contribution in [0.15, 0.2) is 58.3 Å². The van der Waals surface area contributed by atoms with E-state index in [4.69, 9.17) is 4.42 Å². The van der Waals surface area contributed by atoms with Crippen molar-refractivity contribution in [3.05, 3.63) is 54.3 Å². The molecule has 32 heavy (non-hydrogen) atoms. The summed E-state index contributed by atoms with van der Waals surface area (Å²) in [4.78, 5) is 37.0. The van der Waals surface area contributed by atoms with Crippen molar-refractivity contribution in [1.82, 2.24) is 30.5 Å². The molecular formula is C21H22N6O4S. The van der Waals surface area contributed by atoms with E-state index < -0.39 is 23.4 Å². The lowest BCUT2D eigenvalue weighted by atomic mass is 10.00. The van der Waals surface area contributed by atoms with E-state index in [2.05, 4.69) is 20.9 Å². The van der Waals surface area contributed by atoms with Gasteiger partial charge in [0, 0.05) is 0 Å². The molecule has 1 aromatic carbocycles. The first-order valence-corrected chi connectivity index (χ1v) is 11.0. The number of aromatic nitrogens is 3. The topological polar surface area (TPSA) is 122 Å². The van der Waals surface area contributed by atoms with E-state index in [1.54, 1.807) is 32.2 Å². The highest BCUT2D eigenvalue weighted by Crippen LogP contribution is 2.26. The van der Waals surface area contributed by atoms with Crippen LogP contribution in [-0.2, 0) is 16.1 Å². The fourth-order valence-electron chi connectivity index (χ4n) is 3.20. The first kappa shape index (κ1) is 21.6. The van der Waals surface area contributed by atoms with E-state index in [1.165, 1.54) is 0 Å². The minimum absolute atomic E-state index is 0.0645. The molecule has 166 valence electrons. The Bertz CT molecular complexity index is 1130. The highest BCUT2D eigenvalue weighted by Gasteiger charge is 2.47. The zero-order valence-electron chi connectivity index (χ0n) is 17.6. The molecule has 0 saturated carbocycles. The molecule has 1 atom stereocenters. The Kier molecular flexibility index (Phi) is 5.99. The average molecular weight is 455 g/mol. The van der Waals surface area contributed by atoms with Gasteiger partial charge in [-0.25, -0.2) is 4.79 Å². The summed E-state index contributed by atoms with van der Waals surface area (Å²) in [5, 5.41) is 12.3. The SMILES string of the molecule is CC[C@@]1(C)NC(=O)N(NC(=O)CSc2nnc(-c3ccco3)n2Cc2ccccc2)C1=O. The molecule has 0 bridgehead atoms. The van der Waals surface area contributed by atoms with Crippen molar-refractivity contribution in [2.45, 2.75) is 37.5 Å². The summed E-state index contributed by atoms with van der Waals surface area (Å²) in [5.74, 6) is 0.0335. The fraction of sp³-hybridized carbons (Fsp3) is 0.286. The van der Waals surface area contributed by atoms with Gasteiger partial charge >= 0.3 is 6.03 Å². The van der Waals surface area contributed by atoms with Gasteiger partial charge in [0.1, 0.15) is 5.54 Å². The third-order valence-corrected chi connectivity index (χ3v) is 6.15. The van der Waals surface area contributed by atoms with Gasteiger partial charge in [-0.3, -0.25) is 19.6 Å². The zero-order valence-corrected chi connectivity index (χ0v) is 18.4. The van der Waals surface area contributed by atoms with Crippen molar-refractivity contribution in [3.8, 4) is 11.6 Å². The number of imide groups is 1. The molecule has 0 spiro atoms. The minimum atomic E-state index is -1.02. The second-order valence-corrected chi connectivity index (χ2v) is 8.38. The van der Waals surface area contributed by atoms with Crippen molar-refractivity contribution in [3.63, 3.8) is 0 Å². The molecule has 1 saturated heterocycles. The molecule has 2 aromatic heterocycles. The van der Waals surface area contributed by atoms with Crippen LogP contribution in [0, 0.1) is 0 Å². The summed E-state index contributed by atoms with van der Waals surface area (Å²) in [6.45, 7) is 3.89. The van der Waals surface area contributed by atoms with E-state index in [9.17, 15) is 14.4 Å². The van der Waals surface area contributed by atoms with Gasteiger partial charge in [0.05, 0.1) is 18.6 Å². The molecule has 1 fully saturated rings. The van der Waals surface area contributed by atoms with Crippen molar-refractivity contribution in [2.75, 3.05) is 5.75 Å². The number of hydrazine groups is 1. The summed E-state index contributed by atoms with van der Waals surface area (Å²) >= 11 is 1.15. The molecule has 0 unspecified atom stereocenters. The van der Waals surface area contributed by atoms with Gasteiger partial charge in [-0.05, 0) is 31.0 Å². The van der Waals surface area contributed by atoms with Gasteiger partial charge < -0.3 is 9.73 Å². The van der Waals surface area contributed by atoms with Crippen LogP contribution in [0.3, 0.4) is 0 Å². The van der Waals surface area contributed by atoms with E-state index in [0.717, 1.165) is 22.3 Å². The second kappa shape index (κ2) is 8.87. The molecule has 4 amide bonds. The van der Waals surface area contributed by atoms with Crippen molar-refractivity contribution in [2.24, 2.45) is 0 Å². The predicted molar refractivity (Wildman–Crippen MR) is 116 cm³/mol.